The first-order valence-corrected chi connectivity index (χ1v) is 5.07. The van der Waals surface area contributed by atoms with Crippen LogP contribution in [0.1, 0.15) is 6.42 Å². The minimum atomic E-state index is 0.903. The molecule has 1 fully saturated rings. The molecule has 1 saturated heterocycles. The van der Waals surface area contributed by atoms with E-state index in [1.54, 1.807) is 15.9 Å². The summed E-state index contributed by atoms with van der Waals surface area (Å²) in [5.41, 5.74) is 0. The van der Waals surface area contributed by atoms with Gasteiger partial charge in [-0.3, -0.25) is 0 Å². The summed E-state index contributed by atoms with van der Waals surface area (Å²) >= 11 is 0. The fourth-order valence-electron chi connectivity index (χ4n) is 1.68. The highest BCUT2D eigenvalue weighted by Crippen LogP contribution is 1.83. The number of tetrazole rings is 1. The van der Waals surface area contributed by atoms with Crippen molar-refractivity contribution in [3.8, 4) is 0 Å². The smallest absolute Gasteiger partial charge is 0.138 e. The number of ether oxygens (including phenoxy) is 1. The van der Waals surface area contributed by atoms with Crippen LogP contribution in [0.2, 0.25) is 0 Å². The zero-order valence-electron chi connectivity index (χ0n) is 8.22. The Bertz CT molecular complexity index is 244. The molecule has 0 radical (unpaired) electrons. The van der Waals surface area contributed by atoms with E-state index in [2.05, 4.69) is 15.5 Å². The second-order valence-corrected chi connectivity index (χ2v) is 3.54. The maximum absolute atomic E-state index is 5.29. The minimum absolute atomic E-state index is 0.903. The normalized spacial score (nSPS) is 18.6. The van der Waals surface area contributed by atoms with Gasteiger partial charge < -0.3 is 9.64 Å². The molecule has 6 heteroatoms. The third kappa shape index (κ3) is 2.74. The second-order valence-electron chi connectivity index (χ2n) is 3.54. The van der Waals surface area contributed by atoms with Crippen LogP contribution in [0, 0.1) is 0 Å². The zero-order chi connectivity index (χ0) is 9.64. The Morgan fingerprint density at radius 3 is 2.93 bits per heavy atom. The zero-order valence-corrected chi connectivity index (χ0v) is 8.22. The summed E-state index contributed by atoms with van der Waals surface area (Å²) in [6.45, 7) is 6.17. The molecular formula is C8H16N5O+. The number of quaternary nitrogens is 1. The topological polar surface area (TPSA) is 57.3 Å². The van der Waals surface area contributed by atoms with Crippen molar-refractivity contribution in [2.24, 2.45) is 0 Å². The first-order valence-electron chi connectivity index (χ1n) is 5.07. The lowest BCUT2D eigenvalue weighted by Gasteiger charge is -2.23. The standard InChI is InChI=1S/C8H15N5O/c1(3-13-8-9-10-11-13)2-12-4-6-14-7-5-12/h8H,1-7H2/p+1. The molecule has 0 unspecified atom stereocenters. The van der Waals surface area contributed by atoms with Crippen molar-refractivity contribution in [1.29, 1.82) is 0 Å². The first-order chi connectivity index (χ1) is 6.95. The number of hydrogen-bond donors (Lipinski definition) is 1. The van der Waals surface area contributed by atoms with Gasteiger partial charge in [0.15, 0.2) is 0 Å². The fraction of sp³-hybridized carbons (Fsp3) is 0.875. The summed E-state index contributed by atoms with van der Waals surface area (Å²) in [4.78, 5) is 1.63. The Balaban J connectivity index is 1.62. The van der Waals surface area contributed by atoms with Crippen molar-refractivity contribution in [2.45, 2.75) is 13.0 Å². The molecule has 1 N–H and O–H groups in total. The highest BCUT2D eigenvalue weighted by molar-refractivity contribution is 4.47. The van der Waals surface area contributed by atoms with Gasteiger partial charge in [0.1, 0.15) is 19.4 Å². The van der Waals surface area contributed by atoms with Gasteiger partial charge in [0.25, 0.3) is 0 Å². The first kappa shape index (κ1) is 9.54. The molecule has 2 heterocycles. The van der Waals surface area contributed by atoms with Crippen molar-refractivity contribution < 1.29 is 9.64 Å². The van der Waals surface area contributed by atoms with Gasteiger partial charge in [-0.2, -0.15) is 0 Å². The van der Waals surface area contributed by atoms with E-state index in [1.807, 2.05) is 0 Å². The molecule has 1 aliphatic rings. The third-order valence-corrected chi connectivity index (χ3v) is 2.51. The molecule has 1 aromatic rings. The van der Waals surface area contributed by atoms with Crippen LogP contribution in [0.25, 0.3) is 0 Å². The maximum atomic E-state index is 5.29. The van der Waals surface area contributed by atoms with Crippen LogP contribution in [-0.2, 0) is 11.3 Å². The molecule has 6 nitrogen and oxygen atoms in total. The molecule has 78 valence electrons. The van der Waals surface area contributed by atoms with Crippen LogP contribution in [-0.4, -0.2) is 53.1 Å². The summed E-state index contributed by atoms with van der Waals surface area (Å²) < 4.78 is 7.07. The molecule has 0 atom stereocenters. The molecule has 14 heavy (non-hydrogen) atoms. The SMILES string of the molecule is c1nnnn1CCC[NH+]1CCOCC1. The van der Waals surface area contributed by atoms with Crippen LogP contribution in [0.4, 0.5) is 0 Å². The average Bonchev–Trinajstić information content (AvgIpc) is 2.72. The second kappa shape index (κ2) is 5.02. The predicted octanol–water partition coefficient (Wildman–Crippen LogP) is -2.02. The molecule has 0 amide bonds. The lowest BCUT2D eigenvalue weighted by atomic mass is 10.3. The van der Waals surface area contributed by atoms with Crippen LogP contribution >= 0.6 is 0 Å². The summed E-state index contributed by atoms with van der Waals surface area (Å²) in [7, 11) is 0. The van der Waals surface area contributed by atoms with E-state index in [4.69, 9.17) is 4.74 Å². The van der Waals surface area contributed by atoms with Crippen molar-refractivity contribution in [2.75, 3.05) is 32.8 Å². The highest BCUT2D eigenvalue weighted by atomic mass is 16.5. The molecule has 0 aliphatic carbocycles. The lowest BCUT2D eigenvalue weighted by Crippen LogP contribution is -3.14. The van der Waals surface area contributed by atoms with Gasteiger partial charge in [-0.25, -0.2) is 4.68 Å². The van der Waals surface area contributed by atoms with E-state index in [0.717, 1.165) is 39.3 Å². The molecular weight excluding hydrogens is 182 g/mol. The monoisotopic (exact) mass is 198 g/mol. The number of nitrogens with one attached hydrogen (secondary N) is 1. The Hall–Kier alpha value is -1.01. The van der Waals surface area contributed by atoms with Crippen molar-refractivity contribution in [1.82, 2.24) is 20.2 Å². The number of nitrogens with zero attached hydrogens (tertiary/aromatic N) is 4. The van der Waals surface area contributed by atoms with Crippen molar-refractivity contribution >= 4 is 0 Å². The van der Waals surface area contributed by atoms with Gasteiger partial charge in [-0.05, 0) is 10.4 Å². The highest BCUT2D eigenvalue weighted by Gasteiger charge is 2.12. The lowest BCUT2D eigenvalue weighted by molar-refractivity contribution is -0.908. The van der Waals surface area contributed by atoms with Gasteiger partial charge in [-0.1, -0.05) is 0 Å². The molecule has 1 aliphatic heterocycles. The Morgan fingerprint density at radius 2 is 2.21 bits per heavy atom. The van der Waals surface area contributed by atoms with Gasteiger partial charge in [-0.15, -0.1) is 5.10 Å². The Morgan fingerprint density at radius 1 is 1.36 bits per heavy atom. The Labute approximate surface area is 82.8 Å². The van der Waals surface area contributed by atoms with Gasteiger partial charge >= 0.3 is 0 Å². The fourth-order valence-corrected chi connectivity index (χ4v) is 1.68. The van der Waals surface area contributed by atoms with Crippen LogP contribution < -0.4 is 4.90 Å². The van der Waals surface area contributed by atoms with E-state index in [0.29, 0.717) is 0 Å². The number of rotatable bonds is 4. The number of aryl methyl sites for hydroxylation is 1. The van der Waals surface area contributed by atoms with Crippen molar-refractivity contribution in [3.05, 3.63) is 6.33 Å². The van der Waals surface area contributed by atoms with Crippen LogP contribution in [0.3, 0.4) is 0 Å². The summed E-state index contributed by atoms with van der Waals surface area (Å²) in [6, 6.07) is 0. The van der Waals surface area contributed by atoms with Crippen LogP contribution in [0.5, 0.6) is 0 Å². The maximum Gasteiger partial charge on any atom is 0.138 e. The predicted molar refractivity (Wildman–Crippen MR) is 48.8 cm³/mol. The molecule has 0 saturated carbocycles. The van der Waals surface area contributed by atoms with Gasteiger partial charge in [0.05, 0.1) is 19.8 Å². The van der Waals surface area contributed by atoms with E-state index in [-0.39, 0.29) is 0 Å². The molecule has 1 aromatic heterocycles. The van der Waals surface area contributed by atoms with E-state index < -0.39 is 0 Å². The number of morpholine rings is 1. The van der Waals surface area contributed by atoms with E-state index in [1.165, 1.54) is 6.54 Å². The number of aromatic nitrogens is 4. The average molecular weight is 198 g/mol. The third-order valence-electron chi connectivity index (χ3n) is 2.51. The van der Waals surface area contributed by atoms with Gasteiger partial charge in [0.2, 0.25) is 0 Å². The van der Waals surface area contributed by atoms with E-state index in [9.17, 15) is 0 Å². The summed E-state index contributed by atoms with van der Waals surface area (Å²) in [6.07, 6.45) is 2.79. The summed E-state index contributed by atoms with van der Waals surface area (Å²) in [5.74, 6) is 0. The molecule has 2 rings (SSSR count). The molecule has 0 spiro atoms. The van der Waals surface area contributed by atoms with Crippen molar-refractivity contribution in [3.63, 3.8) is 0 Å². The van der Waals surface area contributed by atoms with E-state index >= 15 is 0 Å². The van der Waals surface area contributed by atoms with Gasteiger partial charge in [0, 0.05) is 13.0 Å². The largest absolute Gasteiger partial charge is 0.370 e. The Kier molecular flexibility index (Phi) is 3.42. The quantitative estimate of drug-likeness (QED) is 0.606. The number of hydrogen-bond acceptors (Lipinski definition) is 4. The minimum Gasteiger partial charge on any atom is -0.370 e. The van der Waals surface area contributed by atoms with Crippen LogP contribution in [0.15, 0.2) is 6.33 Å². The molecule has 0 aromatic carbocycles. The summed E-state index contributed by atoms with van der Waals surface area (Å²) in [5, 5.41) is 11.0. The molecule has 0 bridgehead atoms.